The lowest BCUT2D eigenvalue weighted by Crippen LogP contribution is -2.39. The highest BCUT2D eigenvalue weighted by molar-refractivity contribution is 7.92. The topological polar surface area (TPSA) is 88.1 Å². The maximum absolute atomic E-state index is 12.3. The molecular weight excluding hydrogens is 402 g/mol. The third-order valence-electron chi connectivity index (χ3n) is 4.36. The number of unbranched alkanes of at least 4 members (excludes halogenated alkanes) is 1. The van der Waals surface area contributed by atoms with Crippen molar-refractivity contribution < 1.29 is 17.9 Å². The number of nitrogens with one attached hydrogen (secondary N) is 1. The molecule has 0 aromatic heterocycles. The van der Waals surface area contributed by atoms with Gasteiger partial charge in [-0.2, -0.15) is 5.10 Å². The van der Waals surface area contributed by atoms with Crippen LogP contribution >= 0.6 is 0 Å². The molecule has 0 bridgehead atoms. The molecule has 8 heteroatoms. The number of aryl methyl sites for hydroxylation is 2. The molecule has 1 amide bonds. The number of rotatable bonds is 10. The van der Waals surface area contributed by atoms with Gasteiger partial charge in [-0.1, -0.05) is 31.0 Å². The van der Waals surface area contributed by atoms with E-state index in [9.17, 15) is 13.2 Å². The molecule has 7 nitrogen and oxygen atoms in total. The second-order valence-electron chi connectivity index (χ2n) is 7.12. The molecule has 2 aromatic carbocycles. The van der Waals surface area contributed by atoms with E-state index >= 15 is 0 Å². The third-order valence-corrected chi connectivity index (χ3v) is 5.48. The van der Waals surface area contributed by atoms with Crippen molar-refractivity contribution in [1.82, 2.24) is 5.43 Å². The van der Waals surface area contributed by atoms with Crippen molar-refractivity contribution in [2.24, 2.45) is 5.10 Å². The van der Waals surface area contributed by atoms with Crippen LogP contribution in [0.2, 0.25) is 0 Å². The number of benzene rings is 2. The Morgan fingerprint density at radius 2 is 1.87 bits per heavy atom. The van der Waals surface area contributed by atoms with Crippen LogP contribution in [-0.2, 0) is 14.8 Å². The van der Waals surface area contributed by atoms with Gasteiger partial charge in [-0.3, -0.25) is 9.10 Å². The van der Waals surface area contributed by atoms with Gasteiger partial charge in [0.15, 0.2) is 0 Å². The van der Waals surface area contributed by atoms with Crippen molar-refractivity contribution in [3.05, 3.63) is 59.2 Å². The molecule has 0 aliphatic rings. The summed E-state index contributed by atoms with van der Waals surface area (Å²) in [5.41, 5.74) is 5.43. The summed E-state index contributed by atoms with van der Waals surface area (Å²) < 4.78 is 31.1. The van der Waals surface area contributed by atoms with Crippen LogP contribution in [0.15, 0.2) is 47.6 Å². The van der Waals surface area contributed by atoms with E-state index in [1.807, 2.05) is 50.2 Å². The molecule has 0 atom stereocenters. The average molecular weight is 432 g/mol. The predicted molar refractivity (Wildman–Crippen MR) is 121 cm³/mol. The van der Waals surface area contributed by atoms with Gasteiger partial charge in [0.1, 0.15) is 12.3 Å². The maximum atomic E-state index is 12.3. The van der Waals surface area contributed by atoms with Gasteiger partial charge in [0.2, 0.25) is 10.0 Å². The molecule has 0 spiro atoms. The number of ether oxygens (including phenoxy) is 1. The number of carbonyl (C=O) groups excluding carboxylic acids is 1. The van der Waals surface area contributed by atoms with E-state index in [1.165, 1.54) is 6.21 Å². The lowest BCUT2D eigenvalue weighted by Gasteiger charge is -2.23. The van der Waals surface area contributed by atoms with Crippen LogP contribution in [0.5, 0.6) is 5.75 Å². The van der Waals surface area contributed by atoms with Gasteiger partial charge in [-0.25, -0.2) is 13.8 Å². The molecule has 0 aliphatic heterocycles. The number of anilines is 1. The second-order valence-corrected chi connectivity index (χ2v) is 9.03. The highest BCUT2D eigenvalue weighted by Crippen LogP contribution is 2.23. The van der Waals surface area contributed by atoms with Gasteiger partial charge in [0.05, 0.1) is 24.8 Å². The molecular formula is C22H29N3O4S. The van der Waals surface area contributed by atoms with Crippen LogP contribution in [0.3, 0.4) is 0 Å². The van der Waals surface area contributed by atoms with Crippen molar-refractivity contribution >= 4 is 27.8 Å². The minimum atomic E-state index is -3.63. The van der Waals surface area contributed by atoms with Crippen molar-refractivity contribution in [2.45, 2.75) is 33.6 Å². The van der Waals surface area contributed by atoms with Crippen molar-refractivity contribution in [3.63, 3.8) is 0 Å². The number of sulfonamides is 1. The second kappa shape index (κ2) is 10.8. The van der Waals surface area contributed by atoms with E-state index in [0.29, 0.717) is 12.3 Å². The Balaban J connectivity index is 1.99. The number of nitrogens with zero attached hydrogens (tertiary/aromatic N) is 2. The Hall–Kier alpha value is -2.87. The van der Waals surface area contributed by atoms with Crippen molar-refractivity contribution in [1.29, 1.82) is 0 Å². The van der Waals surface area contributed by atoms with E-state index in [4.69, 9.17) is 4.74 Å². The first-order chi connectivity index (χ1) is 14.2. The fraction of sp³-hybridized carbons (Fsp3) is 0.364. The largest absolute Gasteiger partial charge is 0.494 e. The fourth-order valence-corrected chi connectivity index (χ4v) is 3.71. The van der Waals surface area contributed by atoms with Crippen LogP contribution in [0.1, 0.15) is 36.5 Å². The highest BCUT2D eigenvalue weighted by atomic mass is 32.2. The summed E-state index contributed by atoms with van der Waals surface area (Å²) >= 11 is 0. The zero-order valence-electron chi connectivity index (χ0n) is 17.9. The van der Waals surface area contributed by atoms with Gasteiger partial charge >= 0.3 is 0 Å². The van der Waals surface area contributed by atoms with Crippen molar-refractivity contribution in [2.75, 3.05) is 23.7 Å². The van der Waals surface area contributed by atoms with Gasteiger partial charge in [0, 0.05) is 0 Å². The highest BCUT2D eigenvalue weighted by Gasteiger charge is 2.22. The normalized spacial score (nSPS) is 11.5. The molecule has 0 aliphatic carbocycles. The smallest absolute Gasteiger partial charge is 0.260 e. The number of hydrogen-bond acceptors (Lipinski definition) is 5. The average Bonchev–Trinajstić information content (AvgIpc) is 2.67. The zero-order valence-corrected chi connectivity index (χ0v) is 18.7. The molecule has 0 heterocycles. The van der Waals surface area contributed by atoms with Gasteiger partial charge in [0.25, 0.3) is 5.91 Å². The Morgan fingerprint density at radius 1 is 1.17 bits per heavy atom. The SMILES string of the molecule is CCCCOc1ccc(/C=N\NC(=O)CN(c2ccc(C)cc2C)S(C)(=O)=O)cc1. The van der Waals surface area contributed by atoms with Gasteiger partial charge in [-0.15, -0.1) is 0 Å². The summed E-state index contributed by atoms with van der Waals surface area (Å²) in [5.74, 6) is 0.248. The minimum absolute atomic E-state index is 0.357. The van der Waals surface area contributed by atoms with E-state index in [1.54, 1.807) is 6.07 Å². The Bertz CT molecular complexity index is 986. The lowest BCUT2D eigenvalue weighted by atomic mass is 10.1. The van der Waals surface area contributed by atoms with Crippen molar-refractivity contribution in [3.8, 4) is 5.75 Å². The number of hydrazone groups is 1. The molecule has 0 saturated carbocycles. The molecule has 0 fully saturated rings. The maximum Gasteiger partial charge on any atom is 0.260 e. The van der Waals surface area contributed by atoms with E-state index < -0.39 is 15.9 Å². The summed E-state index contributed by atoms with van der Waals surface area (Å²) in [5, 5.41) is 3.93. The molecule has 2 rings (SSSR count). The zero-order chi connectivity index (χ0) is 22.1. The summed E-state index contributed by atoms with van der Waals surface area (Å²) in [6, 6.07) is 12.7. The summed E-state index contributed by atoms with van der Waals surface area (Å²) in [6.45, 7) is 6.16. The quantitative estimate of drug-likeness (QED) is 0.355. The predicted octanol–water partition coefficient (Wildman–Crippen LogP) is 3.40. The third kappa shape index (κ3) is 7.18. The molecule has 162 valence electrons. The number of amides is 1. The molecule has 0 saturated heterocycles. The minimum Gasteiger partial charge on any atom is -0.494 e. The van der Waals surface area contributed by atoms with Gasteiger partial charge < -0.3 is 4.74 Å². The van der Waals surface area contributed by atoms with Gasteiger partial charge in [-0.05, 0) is 61.7 Å². The summed E-state index contributed by atoms with van der Waals surface area (Å²) in [4.78, 5) is 12.3. The Morgan fingerprint density at radius 3 is 2.47 bits per heavy atom. The molecule has 30 heavy (non-hydrogen) atoms. The standard InChI is InChI=1S/C22H29N3O4S/c1-5-6-13-29-20-10-8-19(9-11-20)15-23-24-22(26)16-25(30(4,27)28)21-12-7-17(2)14-18(21)3/h7-12,14-15H,5-6,13,16H2,1-4H3,(H,24,26)/b23-15-. The molecule has 0 radical (unpaired) electrons. The number of carbonyl (C=O) groups is 1. The first-order valence-electron chi connectivity index (χ1n) is 9.80. The fourth-order valence-electron chi connectivity index (χ4n) is 2.80. The van der Waals surface area contributed by atoms with Crippen LogP contribution in [0.25, 0.3) is 0 Å². The summed E-state index contributed by atoms with van der Waals surface area (Å²) in [7, 11) is -3.63. The monoisotopic (exact) mass is 431 g/mol. The van der Waals surface area contributed by atoms with Crippen LogP contribution < -0.4 is 14.5 Å². The van der Waals surface area contributed by atoms with E-state index in [-0.39, 0.29) is 6.54 Å². The van der Waals surface area contributed by atoms with Crippen LogP contribution in [0.4, 0.5) is 5.69 Å². The lowest BCUT2D eigenvalue weighted by molar-refractivity contribution is -0.119. The number of hydrogen-bond donors (Lipinski definition) is 1. The Kier molecular flexibility index (Phi) is 8.41. The first-order valence-corrected chi connectivity index (χ1v) is 11.6. The Labute approximate surface area is 178 Å². The summed E-state index contributed by atoms with van der Waals surface area (Å²) in [6.07, 6.45) is 4.65. The van der Waals surface area contributed by atoms with Crippen LogP contribution in [-0.4, -0.2) is 39.9 Å². The van der Waals surface area contributed by atoms with E-state index in [0.717, 1.165) is 45.8 Å². The molecule has 2 aromatic rings. The molecule has 1 N–H and O–H groups in total. The van der Waals surface area contributed by atoms with E-state index in [2.05, 4.69) is 17.5 Å². The van der Waals surface area contributed by atoms with Crippen LogP contribution in [0, 0.1) is 13.8 Å². The first kappa shape index (κ1) is 23.4. The molecule has 0 unspecified atom stereocenters.